The largest absolute Gasteiger partial charge is 0.327 e. The van der Waals surface area contributed by atoms with Crippen LogP contribution >= 0.6 is 0 Å². The van der Waals surface area contributed by atoms with Gasteiger partial charge in [0.1, 0.15) is 0 Å². The van der Waals surface area contributed by atoms with Crippen molar-refractivity contribution < 1.29 is 0 Å². The second-order valence-electron chi connectivity index (χ2n) is 6.74. The van der Waals surface area contributed by atoms with Crippen LogP contribution in [0, 0.1) is 17.8 Å². The van der Waals surface area contributed by atoms with Crippen LogP contribution < -0.4 is 5.73 Å². The van der Waals surface area contributed by atoms with Gasteiger partial charge in [-0.05, 0) is 64.1 Å². The van der Waals surface area contributed by atoms with Gasteiger partial charge in [0, 0.05) is 25.2 Å². The Morgan fingerprint density at radius 1 is 1.18 bits per heavy atom. The fourth-order valence-electron chi connectivity index (χ4n) is 4.42. The Morgan fingerprint density at radius 2 is 1.94 bits per heavy atom. The summed E-state index contributed by atoms with van der Waals surface area (Å²) in [6, 6.07) is 1.27. The first-order chi connectivity index (χ1) is 8.15. The summed E-state index contributed by atoms with van der Waals surface area (Å²) in [7, 11) is 4.41. The first-order valence-electron chi connectivity index (χ1n) is 7.29. The summed E-state index contributed by atoms with van der Waals surface area (Å²) < 4.78 is 0. The van der Waals surface area contributed by atoms with Gasteiger partial charge in [0.15, 0.2) is 0 Å². The van der Waals surface area contributed by atoms with Gasteiger partial charge < -0.3 is 15.5 Å². The van der Waals surface area contributed by atoms with E-state index < -0.39 is 0 Å². The minimum Gasteiger partial charge on any atom is -0.327 e. The highest BCUT2D eigenvalue weighted by Gasteiger charge is 2.46. The maximum absolute atomic E-state index is 6.40. The molecule has 1 heterocycles. The Bertz CT molecular complexity index is 277. The molecule has 0 spiro atoms. The molecule has 3 aliphatic rings. The highest BCUT2D eigenvalue weighted by molar-refractivity contribution is 5.00. The monoisotopic (exact) mass is 237 g/mol. The molecule has 3 fully saturated rings. The topological polar surface area (TPSA) is 32.5 Å². The SMILES string of the molecule is CN(C)C1CCN(CC2C3CCC(C3)C2N)C1. The number of rotatable bonds is 3. The highest BCUT2D eigenvalue weighted by atomic mass is 15.2. The van der Waals surface area contributed by atoms with Gasteiger partial charge in [0.2, 0.25) is 0 Å². The molecule has 0 aromatic carbocycles. The number of hydrogen-bond donors (Lipinski definition) is 1. The zero-order chi connectivity index (χ0) is 12.0. The van der Waals surface area contributed by atoms with Crippen molar-refractivity contribution in [2.75, 3.05) is 33.7 Å². The average molecular weight is 237 g/mol. The minimum atomic E-state index is 0.507. The Labute approximate surface area is 105 Å². The second-order valence-corrected chi connectivity index (χ2v) is 6.74. The second kappa shape index (κ2) is 4.52. The first kappa shape index (κ1) is 11.9. The molecule has 1 aliphatic heterocycles. The lowest BCUT2D eigenvalue weighted by Crippen LogP contribution is -2.43. The molecule has 3 nitrogen and oxygen atoms in total. The Balaban J connectivity index is 1.55. The van der Waals surface area contributed by atoms with Gasteiger partial charge in [-0.15, -0.1) is 0 Å². The normalized spacial score (nSPS) is 46.2. The van der Waals surface area contributed by atoms with Gasteiger partial charge in [0.25, 0.3) is 0 Å². The summed E-state index contributed by atoms with van der Waals surface area (Å²) in [6.45, 7) is 3.81. The van der Waals surface area contributed by atoms with Crippen molar-refractivity contribution in [2.45, 2.75) is 37.8 Å². The minimum absolute atomic E-state index is 0.507. The predicted molar refractivity (Wildman–Crippen MR) is 70.8 cm³/mol. The maximum atomic E-state index is 6.40. The van der Waals surface area contributed by atoms with E-state index in [1.54, 1.807) is 0 Å². The summed E-state index contributed by atoms with van der Waals surface area (Å²) in [5.74, 6) is 2.61. The molecule has 0 aromatic rings. The number of hydrogen-bond acceptors (Lipinski definition) is 3. The molecule has 5 atom stereocenters. The molecule has 98 valence electrons. The van der Waals surface area contributed by atoms with Crippen molar-refractivity contribution in [3.05, 3.63) is 0 Å². The van der Waals surface area contributed by atoms with Crippen molar-refractivity contribution in [3.8, 4) is 0 Å². The van der Waals surface area contributed by atoms with Gasteiger partial charge in [-0.1, -0.05) is 0 Å². The van der Waals surface area contributed by atoms with E-state index in [4.69, 9.17) is 5.73 Å². The molecule has 0 aromatic heterocycles. The van der Waals surface area contributed by atoms with Gasteiger partial charge in [-0.3, -0.25) is 0 Å². The molecule has 5 unspecified atom stereocenters. The van der Waals surface area contributed by atoms with Crippen molar-refractivity contribution in [2.24, 2.45) is 23.5 Å². The van der Waals surface area contributed by atoms with Crippen LogP contribution in [0.2, 0.25) is 0 Å². The third-order valence-electron chi connectivity index (χ3n) is 5.60. The molecule has 3 rings (SSSR count). The lowest BCUT2D eigenvalue weighted by molar-refractivity contribution is 0.187. The van der Waals surface area contributed by atoms with E-state index in [2.05, 4.69) is 23.9 Å². The van der Waals surface area contributed by atoms with Crippen molar-refractivity contribution in [1.29, 1.82) is 0 Å². The molecule has 3 heteroatoms. The quantitative estimate of drug-likeness (QED) is 0.795. The van der Waals surface area contributed by atoms with Gasteiger partial charge in [-0.2, -0.15) is 0 Å². The molecule has 2 aliphatic carbocycles. The van der Waals surface area contributed by atoms with Crippen LogP contribution in [0.15, 0.2) is 0 Å². The zero-order valence-electron chi connectivity index (χ0n) is 11.3. The molecule has 0 amide bonds. The summed E-state index contributed by atoms with van der Waals surface area (Å²) in [4.78, 5) is 5.04. The van der Waals surface area contributed by atoms with Crippen LogP contribution in [0.4, 0.5) is 0 Å². The third-order valence-corrected chi connectivity index (χ3v) is 5.60. The van der Waals surface area contributed by atoms with E-state index in [9.17, 15) is 0 Å². The standard InChI is InChI=1S/C14H27N3/c1-16(2)12-5-6-17(8-12)9-13-10-3-4-11(7-10)14(13)15/h10-14H,3-9,15H2,1-2H3. The Morgan fingerprint density at radius 3 is 2.53 bits per heavy atom. The molecule has 0 radical (unpaired) electrons. The van der Waals surface area contributed by atoms with Crippen LogP contribution in [0.5, 0.6) is 0 Å². The van der Waals surface area contributed by atoms with Crippen LogP contribution in [0.3, 0.4) is 0 Å². The lowest BCUT2D eigenvalue weighted by atomic mass is 9.84. The molecule has 2 saturated carbocycles. The molecule has 1 saturated heterocycles. The van der Waals surface area contributed by atoms with E-state index in [1.807, 2.05) is 0 Å². The van der Waals surface area contributed by atoms with Crippen LogP contribution in [-0.4, -0.2) is 55.6 Å². The predicted octanol–water partition coefficient (Wildman–Crippen LogP) is 0.996. The van der Waals surface area contributed by atoms with Crippen molar-refractivity contribution >= 4 is 0 Å². The molecule has 17 heavy (non-hydrogen) atoms. The van der Waals surface area contributed by atoms with Gasteiger partial charge in [-0.25, -0.2) is 0 Å². The van der Waals surface area contributed by atoms with E-state index in [1.165, 1.54) is 45.3 Å². The molecule has 2 N–H and O–H groups in total. The summed E-state index contributed by atoms with van der Waals surface area (Å²) >= 11 is 0. The van der Waals surface area contributed by atoms with Crippen LogP contribution in [-0.2, 0) is 0 Å². The number of likely N-dealkylation sites (N-methyl/N-ethyl adjacent to an activating group) is 1. The van der Waals surface area contributed by atoms with Gasteiger partial charge in [0.05, 0.1) is 0 Å². The lowest BCUT2D eigenvalue weighted by Gasteiger charge is -2.32. The zero-order valence-corrected chi connectivity index (χ0v) is 11.3. The van der Waals surface area contributed by atoms with E-state index in [0.29, 0.717) is 6.04 Å². The van der Waals surface area contributed by atoms with Crippen molar-refractivity contribution in [1.82, 2.24) is 9.80 Å². The van der Waals surface area contributed by atoms with Gasteiger partial charge >= 0.3 is 0 Å². The molecular formula is C14H27N3. The fraction of sp³-hybridized carbons (Fsp3) is 1.00. The third kappa shape index (κ3) is 2.13. The molecular weight excluding hydrogens is 210 g/mol. The summed E-state index contributed by atoms with van der Waals surface area (Å²) in [6.07, 6.45) is 5.62. The number of nitrogens with two attached hydrogens (primary N) is 1. The first-order valence-corrected chi connectivity index (χ1v) is 7.29. The molecule has 2 bridgehead atoms. The smallest absolute Gasteiger partial charge is 0.0229 e. The van der Waals surface area contributed by atoms with E-state index in [-0.39, 0.29) is 0 Å². The Hall–Kier alpha value is -0.120. The highest BCUT2D eigenvalue weighted by Crippen LogP contribution is 2.47. The summed E-state index contributed by atoms with van der Waals surface area (Å²) in [5, 5.41) is 0. The Kier molecular flexibility index (Phi) is 3.18. The summed E-state index contributed by atoms with van der Waals surface area (Å²) in [5.41, 5.74) is 6.40. The van der Waals surface area contributed by atoms with E-state index >= 15 is 0 Å². The van der Waals surface area contributed by atoms with Crippen LogP contribution in [0.25, 0.3) is 0 Å². The fourth-order valence-corrected chi connectivity index (χ4v) is 4.42. The maximum Gasteiger partial charge on any atom is 0.0229 e. The van der Waals surface area contributed by atoms with Crippen LogP contribution in [0.1, 0.15) is 25.7 Å². The van der Waals surface area contributed by atoms with E-state index in [0.717, 1.165) is 23.8 Å². The number of fused-ring (bicyclic) bond motifs is 2. The number of nitrogens with zero attached hydrogens (tertiary/aromatic N) is 2. The average Bonchev–Trinajstić information content (AvgIpc) is 2.97. The number of likely N-dealkylation sites (tertiary alicyclic amines) is 1. The van der Waals surface area contributed by atoms with Crippen molar-refractivity contribution in [3.63, 3.8) is 0 Å².